The van der Waals surface area contributed by atoms with Gasteiger partial charge in [0.2, 0.25) is 0 Å². The zero-order valence-electron chi connectivity index (χ0n) is 13.6. The number of aliphatic hydroxyl groups is 1. The standard InChI is InChI=1S/C18H29NO2/c1-4-19-18(13-20)11-6-8-16(18)10-12-21-17-9-5-7-14(2)15(17)3/h5,7,9,16,19-20H,4,6,8,10-13H2,1-3H3. The fourth-order valence-corrected chi connectivity index (χ4v) is 3.61. The molecule has 1 fully saturated rings. The van der Waals surface area contributed by atoms with E-state index in [-0.39, 0.29) is 12.1 Å². The topological polar surface area (TPSA) is 41.5 Å². The van der Waals surface area contributed by atoms with Crippen LogP contribution in [0.5, 0.6) is 5.75 Å². The molecule has 0 aliphatic heterocycles. The molecule has 1 aromatic rings. The first-order valence-corrected chi connectivity index (χ1v) is 8.18. The van der Waals surface area contributed by atoms with Crippen molar-refractivity contribution in [1.29, 1.82) is 0 Å². The van der Waals surface area contributed by atoms with Crippen LogP contribution in [0.15, 0.2) is 18.2 Å². The summed E-state index contributed by atoms with van der Waals surface area (Å²) < 4.78 is 5.99. The van der Waals surface area contributed by atoms with Crippen LogP contribution in [-0.2, 0) is 0 Å². The Balaban J connectivity index is 1.92. The van der Waals surface area contributed by atoms with Gasteiger partial charge >= 0.3 is 0 Å². The maximum Gasteiger partial charge on any atom is 0.122 e. The summed E-state index contributed by atoms with van der Waals surface area (Å²) in [5.41, 5.74) is 2.41. The van der Waals surface area contributed by atoms with Gasteiger partial charge in [0, 0.05) is 5.54 Å². The average Bonchev–Trinajstić information content (AvgIpc) is 2.87. The molecule has 0 heterocycles. The SMILES string of the molecule is CCNC1(CO)CCCC1CCOc1cccc(C)c1C. The molecule has 0 aromatic heterocycles. The summed E-state index contributed by atoms with van der Waals surface area (Å²) in [7, 11) is 0. The van der Waals surface area contributed by atoms with Crippen molar-refractivity contribution < 1.29 is 9.84 Å². The molecule has 3 nitrogen and oxygen atoms in total. The van der Waals surface area contributed by atoms with Crippen LogP contribution in [-0.4, -0.2) is 30.4 Å². The van der Waals surface area contributed by atoms with E-state index in [9.17, 15) is 5.11 Å². The maximum absolute atomic E-state index is 9.81. The molecule has 0 radical (unpaired) electrons. The van der Waals surface area contributed by atoms with E-state index in [0.717, 1.165) is 31.7 Å². The van der Waals surface area contributed by atoms with E-state index in [0.29, 0.717) is 5.92 Å². The minimum atomic E-state index is -0.0836. The lowest BCUT2D eigenvalue weighted by Gasteiger charge is -2.35. The monoisotopic (exact) mass is 291 g/mol. The van der Waals surface area contributed by atoms with E-state index in [2.05, 4.69) is 32.2 Å². The van der Waals surface area contributed by atoms with Gasteiger partial charge in [-0.15, -0.1) is 0 Å². The molecular weight excluding hydrogens is 262 g/mol. The summed E-state index contributed by atoms with van der Waals surface area (Å²) >= 11 is 0. The molecule has 1 aliphatic carbocycles. The van der Waals surface area contributed by atoms with Gasteiger partial charge in [-0.25, -0.2) is 0 Å². The molecule has 2 N–H and O–H groups in total. The normalized spacial score (nSPS) is 25.2. The summed E-state index contributed by atoms with van der Waals surface area (Å²) in [6, 6.07) is 6.20. The number of aryl methyl sites for hydroxylation is 1. The zero-order chi connectivity index (χ0) is 15.3. The van der Waals surface area contributed by atoms with Gasteiger partial charge in [0.1, 0.15) is 5.75 Å². The molecule has 0 amide bonds. The number of ether oxygens (including phenoxy) is 1. The molecule has 118 valence electrons. The van der Waals surface area contributed by atoms with Crippen LogP contribution in [0.4, 0.5) is 0 Å². The molecule has 0 spiro atoms. The molecule has 1 aromatic carbocycles. The second-order valence-corrected chi connectivity index (χ2v) is 6.27. The van der Waals surface area contributed by atoms with E-state index in [4.69, 9.17) is 4.74 Å². The molecule has 21 heavy (non-hydrogen) atoms. The largest absolute Gasteiger partial charge is 0.493 e. The van der Waals surface area contributed by atoms with E-state index in [1.165, 1.54) is 24.0 Å². The summed E-state index contributed by atoms with van der Waals surface area (Å²) in [5, 5.41) is 13.3. The number of hydrogen-bond acceptors (Lipinski definition) is 3. The van der Waals surface area contributed by atoms with Crippen LogP contribution >= 0.6 is 0 Å². The van der Waals surface area contributed by atoms with Crippen LogP contribution in [0, 0.1) is 19.8 Å². The number of likely N-dealkylation sites (N-methyl/N-ethyl adjacent to an activating group) is 1. The summed E-state index contributed by atoms with van der Waals surface area (Å²) in [4.78, 5) is 0. The number of rotatable bonds is 7. The summed E-state index contributed by atoms with van der Waals surface area (Å²) in [6.45, 7) is 8.20. The third-order valence-electron chi connectivity index (χ3n) is 5.05. The van der Waals surface area contributed by atoms with E-state index < -0.39 is 0 Å². The Bertz CT molecular complexity index is 461. The van der Waals surface area contributed by atoms with Crippen LogP contribution in [0.25, 0.3) is 0 Å². The second kappa shape index (κ2) is 7.28. The van der Waals surface area contributed by atoms with Crippen molar-refractivity contribution in [3.63, 3.8) is 0 Å². The van der Waals surface area contributed by atoms with Crippen molar-refractivity contribution in [3.05, 3.63) is 29.3 Å². The highest BCUT2D eigenvalue weighted by atomic mass is 16.5. The molecule has 1 aliphatic rings. The Morgan fingerprint density at radius 2 is 2.19 bits per heavy atom. The lowest BCUT2D eigenvalue weighted by molar-refractivity contribution is 0.111. The van der Waals surface area contributed by atoms with E-state index in [1.807, 2.05) is 12.1 Å². The Hall–Kier alpha value is -1.06. The molecule has 0 saturated heterocycles. The smallest absolute Gasteiger partial charge is 0.122 e. The second-order valence-electron chi connectivity index (χ2n) is 6.27. The summed E-state index contributed by atoms with van der Waals surface area (Å²) in [5.74, 6) is 1.50. The van der Waals surface area contributed by atoms with Crippen molar-refractivity contribution in [1.82, 2.24) is 5.32 Å². The minimum Gasteiger partial charge on any atom is -0.493 e. The van der Waals surface area contributed by atoms with Gasteiger partial charge in [-0.3, -0.25) is 0 Å². The van der Waals surface area contributed by atoms with Crippen LogP contribution in [0.2, 0.25) is 0 Å². The lowest BCUT2D eigenvalue weighted by Crippen LogP contribution is -2.51. The van der Waals surface area contributed by atoms with Crippen LogP contribution in [0.1, 0.15) is 43.7 Å². The predicted octanol–water partition coefficient (Wildman–Crippen LogP) is 3.21. The van der Waals surface area contributed by atoms with Gasteiger partial charge in [0.25, 0.3) is 0 Å². The van der Waals surface area contributed by atoms with Gasteiger partial charge in [0.15, 0.2) is 0 Å². The van der Waals surface area contributed by atoms with Crippen molar-refractivity contribution in [3.8, 4) is 5.75 Å². The van der Waals surface area contributed by atoms with Gasteiger partial charge < -0.3 is 15.2 Å². The minimum absolute atomic E-state index is 0.0836. The van der Waals surface area contributed by atoms with Crippen LogP contribution < -0.4 is 10.1 Å². The fraction of sp³-hybridized carbons (Fsp3) is 0.667. The van der Waals surface area contributed by atoms with Gasteiger partial charge in [-0.1, -0.05) is 25.5 Å². The molecule has 2 rings (SSSR count). The molecule has 2 unspecified atom stereocenters. The third-order valence-corrected chi connectivity index (χ3v) is 5.05. The Kier molecular flexibility index (Phi) is 5.65. The van der Waals surface area contributed by atoms with Gasteiger partial charge in [0.05, 0.1) is 13.2 Å². The van der Waals surface area contributed by atoms with E-state index in [1.54, 1.807) is 0 Å². The zero-order valence-corrected chi connectivity index (χ0v) is 13.6. The van der Waals surface area contributed by atoms with Crippen LogP contribution in [0.3, 0.4) is 0 Å². The molecule has 1 saturated carbocycles. The molecule has 2 atom stereocenters. The van der Waals surface area contributed by atoms with Crippen molar-refractivity contribution in [2.24, 2.45) is 5.92 Å². The Morgan fingerprint density at radius 3 is 2.90 bits per heavy atom. The van der Waals surface area contributed by atoms with Gasteiger partial charge in [-0.05, 0) is 62.8 Å². The first-order chi connectivity index (χ1) is 10.1. The first-order valence-electron chi connectivity index (χ1n) is 8.18. The van der Waals surface area contributed by atoms with Crippen molar-refractivity contribution in [2.75, 3.05) is 19.8 Å². The van der Waals surface area contributed by atoms with Gasteiger partial charge in [-0.2, -0.15) is 0 Å². The number of aliphatic hydroxyl groups excluding tert-OH is 1. The first kappa shape index (κ1) is 16.3. The molecular formula is C18H29NO2. The third kappa shape index (κ3) is 3.58. The lowest BCUT2D eigenvalue weighted by atomic mass is 9.85. The molecule has 3 heteroatoms. The highest BCUT2D eigenvalue weighted by molar-refractivity contribution is 5.38. The van der Waals surface area contributed by atoms with Crippen molar-refractivity contribution in [2.45, 2.75) is 52.0 Å². The Labute approximate surface area is 128 Å². The quantitative estimate of drug-likeness (QED) is 0.810. The highest BCUT2D eigenvalue weighted by Gasteiger charge is 2.41. The van der Waals surface area contributed by atoms with E-state index >= 15 is 0 Å². The number of hydrogen-bond donors (Lipinski definition) is 2. The molecule has 0 bridgehead atoms. The highest BCUT2D eigenvalue weighted by Crippen LogP contribution is 2.37. The number of benzene rings is 1. The predicted molar refractivity (Wildman–Crippen MR) is 86.9 cm³/mol. The fourth-order valence-electron chi connectivity index (χ4n) is 3.61. The number of nitrogens with one attached hydrogen (secondary N) is 1. The van der Waals surface area contributed by atoms with Crippen molar-refractivity contribution >= 4 is 0 Å². The Morgan fingerprint density at radius 1 is 1.38 bits per heavy atom. The maximum atomic E-state index is 9.81. The summed E-state index contributed by atoms with van der Waals surface area (Å²) in [6.07, 6.45) is 4.46. The average molecular weight is 291 g/mol.